The molecule has 0 spiro atoms. The van der Waals surface area contributed by atoms with E-state index in [9.17, 15) is 4.79 Å². The first-order chi connectivity index (χ1) is 12.8. The highest BCUT2D eigenvalue weighted by atomic mass is 16.1. The van der Waals surface area contributed by atoms with E-state index in [1.165, 1.54) is 5.56 Å². The molecule has 3 aromatic rings. The summed E-state index contributed by atoms with van der Waals surface area (Å²) in [5.41, 5.74) is 2.58. The highest BCUT2D eigenvalue weighted by molar-refractivity contribution is 5.93. The van der Waals surface area contributed by atoms with Crippen LogP contribution in [0.15, 0.2) is 55.4 Å². The number of hydrogen-bond acceptors (Lipinski definition) is 5. The Hall–Kier alpha value is -3.06. The molecule has 0 bridgehead atoms. The second-order valence-corrected chi connectivity index (χ2v) is 6.39. The van der Waals surface area contributed by atoms with Gasteiger partial charge in [-0.15, -0.1) is 0 Å². The first-order valence-electron chi connectivity index (χ1n) is 8.66. The van der Waals surface area contributed by atoms with E-state index in [0.29, 0.717) is 11.4 Å². The molecule has 1 amide bonds. The molecule has 2 aromatic heterocycles. The average Bonchev–Trinajstić information content (AvgIpc) is 3.37. The van der Waals surface area contributed by atoms with E-state index in [0.717, 1.165) is 31.6 Å². The van der Waals surface area contributed by atoms with Gasteiger partial charge in [0.1, 0.15) is 0 Å². The zero-order chi connectivity index (χ0) is 17.8. The minimum absolute atomic E-state index is 0.124. The normalized spacial score (nSPS) is 16.5. The van der Waals surface area contributed by atoms with Gasteiger partial charge in [0.2, 0.25) is 0 Å². The third kappa shape index (κ3) is 3.78. The Balaban J connectivity index is 1.42. The fraction of sp³-hybridized carbons (Fsp3) is 0.263. The Kier molecular flexibility index (Phi) is 4.70. The van der Waals surface area contributed by atoms with Gasteiger partial charge in [0.05, 0.1) is 11.9 Å². The summed E-state index contributed by atoms with van der Waals surface area (Å²) >= 11 is 0. The van der Waals surface area contributed by atoms with Crippen molar-refractivity contribution >= 4 is 5.91 Å². The van der Waals surface area contributed by atoms with Crippen molar-refractivity contribution in [1.82, 2.24) is 30.2 Å². The van der Waals surface area contributed by atoms with Gasteiger partial charge >= 0.3 is 0 Å². The molecule has 0 radical (unpaired) electrons. The van der Waals surface area contributed by atoms with Crippen LogP contribution in [0.5, 0.6) is 0 Å². The van der Waals surface area contributed by atoms with Crippen molar-refractivity contribution in [3.05, 3.63) is 66.5 Å². The molecular weight excluding hydrogens is 328 g/mol. The van der Waals surface area contributed by atoms with Crippen molar-refractivity contribution in [1.29, 1.82) is 0 Å². The Labute approximate surface area is 151 Å². The zero-order valence-corrected chi connectivity index (χ0v) is 14.3. The molecule has 7 heteroatoms. The maximum absolute atomic E-state index is 12.2. The van der Waals surface area contributed by atoms with Crippen LogP contribution in [0, 0.1) is 0 Å². The summed E-state index contributed by atoms with van der Waals surface area (Å²) < 4.78 is 2.01. The summed E-state index contributed by atoms with van der Waals surface area (Å²) in [6.45, 7) is 2.53. The number of nitrogens with one attached hydrogen (secondary N) is 2. The summed E-state index contributed by atoms with van der Waals surface area (Å²) in [6.07, 6.45) is 9.61. The van der Waals surface area contributed by atoms with E-state index >= 15 is 0 Å². The molecule has 1 atom stereocenters. The number of amides is 1. The molecule has 0 aliphatic carbocycles. The lowest BCUT2D eigenvalue weighted by Crippen LogP contribution is -2.36. The number of benzene rings is 1. The van der Waals surface area contributed by atoms with Crippen LogP contribution < -0.4 is 10.6 Å². The van der Waals surface area contributed by atoms with Crippen molar-refractivity contribution in [2.45, 2.75) is 19.0 Å². The number of carbonyl (C=O) groups is 1. The van der Waals surface area contributed by atoms with Gasteiger partial charge in [-0.3, -0.25) is 4.79 Å². The molecule has 1 aliphatic heterocycles. The second kappa shape index (κ2) is 7.45. The van der Waals surface area contributed by atoms with Crippen LogP contribution in [-0.4, -0.2) is 44.6 Å². The molecule has 2 N–H and O–H groups in total. The lowest BCUT2D eigenvalue weighted by atomic mass is 10.1. The molecule has 1 aliphatic rings. The van der Waals surface area contributed by atoms with Crippen molar-refractivity contribution in [3.8, 4) is 11.4 Å². The van der Waals surface area contributed by atoms with Crippen LogP contribution in [0.1, 0.15) is 22.3 Å². The van der Waals surface area contributed by atoms with E-state index in [1.807, 2.05) is 35.0 Å². The van der Waals surface area contributed by atoms with Gasteiger partial charge in [-0.1, -0.05) is 24.3 Å². The highest BCUT2D eigenvalue weighted by Gasteiger charge is 2.18. The average molecular weight is 348 g/mol. The fourth-order valence-electron chi connectivity index (χ4n) is 2.99. The fourth-order valence-corrected chi connectivity index (χ4v) is 2.99. The van der Waals surface area contributed by atoms with Crippen molar-refractivity contribution in [3.63, 3.8) is 0 Å². The van der Waals surface area contributed by atoms with Crippen LogP contribution in [0.4, 0.5) is 0 Å². The van der Waals surface area contributed by atoms with Crippen molar-refractivity contribution in [2.24, 2.45) is 0 Å². The quantitative estimate of drug-likeness (QED) is 0.730. The van der Waals surface area contributed by atoms with E-state index < -0.39 is 0 Å². The highest BCUT2D eigenvalue weighted by Crippen LogP contribution is 2.16. The summed E-state index contributed by atoms with van der Waals surface area (Å²) in [5.74, 6) is 0.485. The maximum atomic E-state index is 12.2. The van der Waals surface area contributed by atoms with Crippen LogP contribution in [-0.2, 0) is 6.54 Å². The van der Waals surface area contributed by atoms with Crippen LogP contribution >= 0.6 is 0 Å². The predicted octanol–water partition coefficient (Wildman–Crippen LogP) is 1.48. The zero-order valence-electron chi connectivity index (χ0n) is 14.3. The lowest BCUT2D eigenvalue weighted by molar-refractivity contribution is 0.0939. The summed E-state index contributed by atoms with van der Waals surface area (Å²) in [7, 11) is 0. The Morgan fingerprint density at radius 1 is 1.23 bits per heavy atom. The third-order valence-corrected chi connectivity index (χ3v) is 4.45. The number of nitrogens with zero attached hydrogens (tertiary/aromatic N) is 4. The van der Waals surface area contributed by atoms with E-state index in [1.54, 1.807) is 24.9 Å². The van der Waals surface area contributed by atoms with E-state index in [-0.39, 0.29) is 11.9 Å². The second-order valence-electron chi connectivity index (χ2n) is 6.39. The molecule has 132 valence electrons. The number of imidazole rings is 1. The van der Waals surface area contributed by atoms with Gasteiger partial charge in [0.25, 0.3) is 5.91 Å². The summed E-state index contributed by atoms with van der Waals surface area (Å²) in [6, 6.07) is 8.26. The van der Waals surface area contributed by atoms with Crippen LogP contribution in [0.3, 0.4) is 0 Å². The first-order valence-corrected chi connectivity index (χ1v) is 8.66. The lowest BCUT2D eigenvalue weighted by Gasteiger charge is -2.11. The van der Waals surface area contributed by atoms with Gasteiger partial charge in [-0.05, 0) is 18.5 Å². The SMILES string of the molecule is O=C(NC1CCNC1)c1cnc(-c2ccc(Cn3ccnc3)cc2)nc1. The number of rotatable bonds is 5. The summed E-state index contributed by atoms with van der Waals surface area (Å²) in [5, 5.41) is 6.22. The van der Waals surface area contributed by atoms with E-state index in [4.69, 9.17) is 0 Å². The monoisotopic (exact) mass is 348 g/mol. The van der Waals surface area contributed by atoms with Crippen LogP contribution in [0.2, 0.25) is 0 Å². The van der Waals surface area contributed by atoms with E-state index in [2.05, 4.69) is 25.6 Å². The van der Waals surface area contributed by atoms with Gasteiger partial charge in [0.15, 0.2) is 5.82 Å². The molecule has 26 heavy (non-hydrogen) atoms. The van der Waals surface area contributed by atoms with Crippen molar-refractivity contribution in [2.75, 3.05) is 13.1 Å². The minimum atomic E-state index is -0.124. The number of aromatic nitrogens is 4. The molecule has 3 heterocycles. The topological polar surface area (TPSA) is 84.7 Å². The first kappa shape index (κ1) is 16.4. The molecule has 1 unspecified atom stereocenters. The largest absolute Gasteiger partial charge is 0.348 e. The van der Waals surface area contributed by atoms with Gasteiger partial charge in [-0.25, -0.2) is 15.0 Å². The third-order valence-electron chi connectivity index (χ3n) is 4.45. The molecule has 0 saturated carbocycles. The maximum Gasteiger partial charge on any atom is 0.254 e. The molecular formula is C19H20N6O. The van der Waals surface area contributed by atoms with Gasteiger partial charge in [-0.2, -0.15) is 0 Å². The van der Waals surface area contributed by atoms with Gasteiger partial charge in [0, 0.05) is 49.5 Å². The Morgan fingerprint density at radius 3 is 2.69 bits per heavy atom. The van der Waals surface area contributed by atoms with Crippen molar-refractivity contribution < 1.29 is 4.79 Å². The molecule has 7 nitrogen and oxygen atoms in total. The standard InChI is InChI=1S/C19H20N6O/c26-19(24-17-5-6-20-11-17)16-9-22-18(23-10-16)15-3-1-14(2-4-15)12-25-8-7-21-13-25/h1-4,7-10,13,17,20H,5-6,11-12H2,(H,24,26). The Bertz CT molecular complexity index is 852. The van der Waals surface area contributed by atoms with Gasteiger partial charge < -0.3 is 15.2 Å². The molecule has 1 saturated heterocycles. The number of carbonyl (C=O) groups excluding carboxylic acids is 1. The predicted molar refractivity (Wildman–Crippen MR) is 97.5 cm³/mol. The summed E-state index contributed by atoms with van der Waals surface area (Å²) in [4.78, 5) is 25.0. The Morgan fingerprint density at radius 2 is 2.04 bits per heavy atom. The van der Waals surface area contributed by atoms with Crippen LogP contribution in [0.25, 0.3) is 11.4 Å². The molecule has 1 fully saturated rings. The molecule has 1 aromatic carbocycles. The number of hydrogen-bond donors (Lipinski definition) is 2. The minimum Gasteiger partial charge on any atom is -0.348 e. The smallest absolute Gasteiger partial charge is 0.254 e. The molecule has 4 rings (SSSR count).